The maximum Gasteiger partial charge on any atom is 0.413 e. The molecular weight excluding hydrogens is 838 g/mol. The number of hydrogen-bond acceptors (Lipinski definition) is 11. The van der Waals surface area contributed by atoms with Crippen LogP contribution in [0.2, 0.25) is 0 Å². The number of ether oxygens (including phenoxy) is 1. The van der Waals surface area contributed by atoms with Crippen molar-refractivity contribution in [2.24, 2.45) is 11.7 Å². The third kappa shape index (κ3) is 10.1. The predicted molar refractivity (Wildman–Crippen MR) is 213 cm³/mol. The number of nitrogens with two attached hydrogens (primary N) is 1. The molecule has 3 fully saturated rings. The van der Waals surface area contributed by atoms with Gasteiger partial charge in [-0.1, -0.05) is 0 Å². The lowest BCUT2D eigenvalue weighted by atomic mass is 9.83. The highest BCUT2D eigenvalue weighted by molar-refractivity contribution is 9.11. The number of aromatic nitrogens is 2. The van der Waals surface area contributed by atoms with E-state index in [0.29, 0.717) is 66.1 Å². The number of pyridine rings is 2. The van der Waals surface area contributed by atoms with Gasteiger partial charge in [-0.25, -0.2) is 9.78 Å². The summed E-state index contributed by atoms with van der Waals surface area (Å²) in [4.78, 5) is 63.2. The molecule has 3 saturated heterocycles. The van der Waals surface area contributed by atoms with Crippen molar-refractivity contribution in [2.45, 2.75) is 56.2 Å². The number of carbonyl (C=O) groups is 4. The second-order valence-electron chi connectivity index (χ2n) is 14.3. The van der Waals surface area contributed by atoms with Crippen LogP contribution in [0.15, 0.2) is 63.9 Å². The summed E-state index contributed by atoms with van der Waals surface area (Å²) in [6.07, 6.45) is 9.62. The van der Waals surface area contributed by atoms with Crippen LogP contribution in [0.25, 0.3) is 0 Å². The van der Waals surface area contributed by atoms with Crippen LogP contribution in [0.4, 0.5) is 16.3 Å². The quantitative estimate of drug-likeness (QED) is 0.198. The molecule has 0 saturated carbocycles. The molecule has 6 N–H and O–H groups in total. The number of anilines is 2. The third-order valence-corrected chi connectivity index (χ3v) is 11.9. The van der Waals surface area contributed by atoms with Crippen molar-refractivity contribution in [1.82, 2.24) is 30.4 Å². The van der Waals surface area contributed by atoms with Gasteiger partial charge in [0.25, 0.3) is 0 Å². The van der Waals surface area contributed by atoms with Gasteiger partial charge >= 0.3 is 6.09 Å². The van der Waals surface area contributed by atoms with E-state index < -0.39 is 23.8 Å². The number of benzene rings is 1. The molecule has 17 heteroatoms. The van der Waals surface area contributed by atoms with Crippen molar-refractivity contribution in [2.75, 3.05) is 62.6 Å². The largest absolute Gasteiger partial charge is 0.506 e. The van der Waals surface area contributed by atoms with E-state index in [1.165, 1.54) is 0 Å². The lowest BCUT2D eigenvalue weighted by molar-refractivity contribution is -0.137. The van der Waals surface area contributed by atoms with Gasteiger partial charge < -0.3 is 40.9 Å². The van der Waals surface area contributed by atoms with Gasteiger partial charge in [0.2, 0.25) is 18.2 Å². The highest BCUT2D eigenvalue weighted by atomic mass is 79.9. The Morgan fingerprint density at radius 2 is 1.71 bits per heavy atom. The molecule has 55 heavy (non-hydrogen) atoms. The molecule has 1 spiro atoms. The first-order valence-corrected chi connectivity index (χ1v) is 20.2. The van der Waals surface area contributed by atoms with Crippen LogP contribution >= 0.6 is 31.9 Å². The number of nitrogens with one attached hydrogen (secondary N) is 3. The fraction of sp³-hybridized carbons (Fsp3) is 0.474. The van der Waals surface area contributed by atoms with Crippen LogP contribution in [0.5, 0.6) is 5.75 Å². The minimum Gasteiger partial charge on any atom is -0.506 e. The summed E-state index contributed by atoms with van der Waals surface area (Å²) in [5, 5.41) is 18.9. The first kappa shape index (κ1) is 40.3. The molecular formula is C38H47Br2N9O6. The van der Waals surface area contributed by atoms with E-state index in [4.69, 9.17) is 10.5 Å². The smallest absolute Gasteiger partial charge is 0.413 e. The molecule has 294 valence electrons. The second kappa shape index (κ2) is 18.5. The lowest BCUT2D eigenvalue weighted by Gasteiger charge is -2.42. The second-order valence-corrected chi connectivity index (χ2v) is 16.0. The van der Waals surface area contributed by atoms with E-state index in [2.05, 4.69) is 62.7 Å². The average Bonchev–Trinajstić information content (AvgIpc) is 3.20. The van der Waals surface area contributed by atoms with E-state index in [-0.39, 0.29) is 24.0 Å². The summed E-state index contributed by atoms with van der Waals surface area (Å²) in [5.41, 5.74) is 8.44. The first-order valence-electron chi connectivity index (χ1n) is 18.6. The maximum absolute atomic E-state index is 13.6. The first-order chi connectivity index (χ1) is 26.5. The number of piperazine rings is 1. The number of piperidine rings is 2. The van der Waals surface area contributed by atoms with E-state index in [9.17, 15) is 24.3 Å². The number of halogens is 2. The Labute approximate surface area is 337 Å². The Morgan fingerprint density at radius 1 is 1.04 bits per heavy atom. The molecule has 0 radical (unpaired) electrons. The molecule has 0 bridgehead atoms. The SMILES string of the molecule is NC(Cc1cc(Br)c(O)c(Br)c1)C(=O)NC(CC1CCNCC1)C(=O)N1CCN(c2ccncc2)CC1.O=CN1CCC2(CC1)OC(=O)Nc1ncccc12. The van der Waals surface area contributed by atoms with Crippen molar-refractivity contribution in [3.63, 3.8) is 0 Å². The van der Waals surface area contributed by atoms with Crippen LogP contribution < -0.4 is 26.6 Å². The number of phenols is 1. The summed E-state index contributed by atoms with van der Waals surface area (Å²) in [7, 11) is 0. The molecule has 2 unspecified atom stereocenters. The normalized spacial score (nSPS) is 19.2. The van der Waals surface area contributed by atoms with Gasteiger partial charge in [0, 0.05) is 82.0 Å². The summed E-state index contributed by atoms with van der Waals surface area (Å²) < 4.78 is 6.55. The number of phenolic OH excluding ortho intramolecular Hbond substituents is 1. The van der Waals surface area contributed by atoms with Crippen molar-refractivity contribution >= 4 is 67.7 Å². The Morgan fingerprint density at radius 3 is 2.36 bits per heavy atom. The minimum absolute atomic E-state index is 0.0383. The Balaban J connectivity index is 0.000000237. The topological polar surface area (TPSA) is 195 Å². The van der Waals surface area contributed by atoms with Gasteiger partial charge in [0.15, 0.2) is 0 Å². The van der Waals surface area contributed by atoms with E-state index in [1.807, 2.05) is 29.2 Å². The van der Waals surface area contributed by atoms with Crippen LogP contribution in [0.3, 0.4) is 0 Å². The van der Waals surface area contributed by atoms with Gasteiger partial charge in [-0.2, -0.15) is 0 Å². The number of likely N-dealkylation sites (tertiary alicyclic amines) is 1. The van der Waals surface area contributed by atoms with Crippen molar-refractivity contribution < 1.29 is 29.0 Å². The molecule has 4 amide bonds. The number of fused-ring (bicyclic) bond motifs is 2. The fourth-order valence-corrected chi connectivity index (χ4v) is 8.86. The highest BCUT2D eigenvalue weighted by Crippen LogP contribution is 2.42. The van der Waals surface area contributed by atoms with Gasteiger partial charge in [-0.15, -0.1) is 0 Å². The van der Waals surface area contributed by atoms with Gasteiger partial charge in [0.05, 0.1) is 15.0 Å². The average molecular weight is 886 g/mol. The number of rotatable bonds is 9. The minimum atomic E-state index is -0.824. The summed E-state index contributed by atoms with van der Waals surface area (Å²) in [6, 6.07) is 9.75. The standard InChI is InChI=1S/C26H34Br2N6O3.C12H13N3O3/c27-20-13-18(14-21(28)24(20)35)15-22(29)25(36)32-23(16-17-1-5-30-6-2-17)26(37)34-11-9-33(10-12-34)19-3-7-31-8-4-19;16-8-15-6-3-12(4-7-15)9-2-1-5-13-10(9)14-11(17)18-12/h3-4,7-8,13-14,17,22-23,30,35H,1-2,5-6,9-12,15-16,29H2,(H,32,36);1-2,5,8H,3-4,6-7H2,(H,13,14,17). The molecule has 3 aromatic rings. The molecule has 0 aliphatic carbocycles. The van der Waals surface area contributed by atoms with E-state index in [1.54, 1.807) is 35.6 Å². The molecule has 4 aliphatic heterocycles. The number of hydrogen-bond donors (Lipinski definition) is 5. The zero-order valence-electron chi connectivity index (χ0n) is 30.5. The monoisotopic (exact) mass is 883 g/mol. The molecule has 4 aliphatic rings. The summed E-state index contributed by atoms with van der Waals surface area (Å²) in [5.74, 6) is 0.646. The van der Waals surface area contributed by atoms with Crippen LogP contribution in [0.1, 0.15) is 43.2 Å². The van der Waals surface area contributed by atoms with E-state index >= 15 is 0 Å². The van der Waals surface area contributed by atoms with Gasteiger partial charge in [-0.3, -0.25) is 24.7 Å². The molecule has 7 rings (SSSR count). The lowest BCUT2D eigenvalue weighted by Crippen LogP contribution is -2.57. The summed E-state index contributed by atoms with van der Waals surface area (Å²) in [6.45, 7) is 5.68. The third-order valence-electron chi connectivity index (χ3n) is 10.7. The Hall–Kier alpha value is -4.32. The molecule has 2 atom stereocenters. The molecule has 6 heterocycles. The Kier molecular flexibility index (Phi) is 13.6. The maximum atomic E-state index is 13.6. The van der Waals surface area contributed by atoms with Crippen LogP contribution in [0, 0.1) is 5.92 Å². The number of carbonyl (C=O) groups excluding carboxylic acids is 4. The van der Waals surface area contributed by atoms with Crippen molar-refractivity contribution in [1.29, 1.82) is 0 Å². The highest BCUT2D eigenvalue weighted by Gasteiger charge is 2.44. The fourth-order valence-electron chi connectivity index (χ4n) is 7.58. The predicted octanol–water partition coefficient (Wildman–Crippen LogP) is 3.50. The van der Waals surface area contributed by atoms with Gasteiger partial charge in [-0.05, 0) is 119 Å². The van der Waals surface area contributed by atoms with Crippen molar-refractivity contribution in [3.05, 3.63) is 75.1 Å². The molecule has 2 aromatic heterocycles. The van der Waals surface area contributed by atoms with E-state index in [0.717, 1.165) is 62.2 Å². The summed E-state index contributed by atoms with van der Waals surface area (Å²) >= 11 is 6.64. The zero-order chi connectivity index (χ0) is 39.0. The number of aromatic hydroxyl groups is 1. The number of amides is 4. The van der Waals surface area contributed by atoms with Crippen LogP contribution in [-0.2, 0) is 31.1 Å². The molecule has 1 aromatic carbocycles. The van der Waals surface area contributed by atoms with Crippen LogP contribution in [-0.4, -0.2) is 114 Å². The zero-order valence-corrected chi connectivity index (χ0v) is 33.6. The number of nitrogens with zero attached hydrogens (tertiary/aromatic N) is 5. The Bertz CT molecular complexity index is 1790. The molecule has 15 nitrogen and oxygen atoms in total. The van der Waals surface area contributed by atoms with Crippen molar-refractivity contribution in [3.8, 4) is 5.75 Å². The van der Waals surface area contributed by atoms with Gasteiger partial charge in [0.1, 0.15) is 23.2 Å².